The van der Waals surface area contributed by atoms with Crippen LogP contribution in [0.1, 0.15) is 38.2 Å². The second-order valence-electron chi connectivity index (χ2n) is 8.22. The molecule has 2 bridgehead atoms. The number of ether oxygens (including phenoxy) is 1. The minimum Gasteiger partial charge on any atom is -0.456 e. The first kappa shape index (κ1) is 19.6. The lowest BCUT2D eigenvalue weighted by molar-refractivity contribution is -0.149. The number of imide groups is 1. The summed E-state index contributed by atoms with van der Waals surface area (Å²) in [4.78, 5) is 50.4. The van der Waals surface area contributed by atoms with Gasteiger partial charge in [0.25, 0.3) is 5.91 Å². The standard InChI is InChI=1S/C22H26N2O5/c1-2-13-3-7-16(8-4-13)23-17(25)12-29-18(26)9-10-24-21(27)19-14-5-6-15(11-14)20(19)22(24)28/h3-4,7-8,14-15,19-20H,2,5-6,9-12H2,1H3,(H,23,25)/t14-,15-,19-,20+/m0/s1. The normalized spacial score (nSPS) is 27.3. The van der Waals surface area contributed by atoms with E-state index in [1.807, 2.05) is 19.1 Å². The van der Waals surface area contributed by atoms with E-state index in [4.69, 9.17) is 4.74 Å². The number of likely N-dealkylation sites (tertiary alicyclic amines) is 1. The summed E-state index contributed by atoms with van der Waals surface area (Å²) in [7, 11) is 0. The van der Waals surface area contributed by atoms with Crippen LogP contribution in [0.4, 0.5) is 5.69 Å². The number of nitrogens with zero attached hydrogens (tertiary/aromatic N) is 1. The highest BCUT2D eigenvalue weighted by atomic mass is 16.5. The molecule has 7 nitrogen and oxygen atoms in total. The zero-order valence-electron chi connectivity index (χ0n) is 16.6. The van der Waals surface area contributed by atoms with Crippen LogP contribution in [0.3, 0.4) is 0 Å². The van der Waals surface area contributed by atoms with Gasteiger partial charge in [0, 0.05) is 12.2 Å². The first-order chi connectivity index (χ1) is 14.0. The molecule has 3 fully saturated rings. The van der Waals surface area contributed by atoms with Crippen molar-refractivity contribution in [3.63, 3.8) is 0 Å². The number of benzene rings is 1. The summed E-state index contributed by atoms with van der Waals surface area (Å²) in [6.45, 7) is 1.68. The van der Waals surface area contributed by atoms with Gasteiger partial charge in [-0.25, -0.2) is 0 Å². The van der Waals surface area contributed by atoms with Gasteiger partial charge in [-0.05, 0) is 55.2 Å². The van der Waals surface area contributed by atoms with Crippen LogP contribution in [0.25, 0.3) is 0 Å². The number of amides is 3. The van der Waals surface area contributed by atoms with Gasteiger partial charge in [0.15, 0.2) is 6.61 Å². The quantitative estimate of drug-likeness (QED) is 0.561. The first-order valence-electron chi connectivity index (χ1n) is 10.4. The highest BCUT2D eigenvalue weighted by Crippen LogP contribution is 2.56. The van der Waals surface area contributed by atoms with Gasteiger partial charge in [0.05, 0.1) is 18.3 Å². The number of hydrogen-bond acceptors (Lipinski definition) is 5. The maximum Gasteiger partial charge on any atom is 0.308 e. The van der Waals surface area contributed by atoms with Crippen molar-refractivity contribution in [2.45, 2.75) is 39.0 Å². The van der Waals surface area contributed by atoms with Gasteiger partial charge in [-0.3, -0.25) is 24.1 Å². The molecule has 29 heavy (non-hydrogen) atoms. The van der Waals surface area contributed by atoms with E-state index < -0.39 is 18.5 Å². The van der Waals surface area contributed by atoms with Crippen molar-refractivity contribution in [2.24, 2.45) is 23.7 Å². The van der Waals surface area contributed by atoms with Crippen LogP contribution in [0.15, 0.2) is 24.3 Å². The highest BCUT2D eigenvalue weighted by Gasteiger charge is 2.60. The van der Waals surface area contributed by atoms with E-state index in [0.717, 1.165) is 31.2 Å². The largest absolute Gasteiger partial charge is 0.456 e. The van der Waals surface area contributed by atoms with Crippen molar-refractivity contribution in [2.75, 3.05) is 18.5 Å². The third kappa shape index (κ3) is 3.78. The molecule has 7 heteroatoms. The van der Waals surface area contributed by atoms with Crippen molar-refractivity contribution in [1.29, 1.82) is 0 Å². The summed E-state index contributed by atoms with van der Waals surface area (Å²) in [5, 5.41) is 2.67. The molecular weight excluding hydrogens is 372 g/mol. The Balaban J connectivity index is 1.21. The summed E-state index contributed by atoms with van der Waals surface area (Å²) >= 11 is 0. The molecule has 1 aromatic carbocycles. The van der Waals surface area contributed by atoms with Crippen LogP contribution in [-0.4, -0.2) is 41.7 Å². The fourth-order valence-electron chi connectivity index (χ4n) is 5.13. The van der Waals surface area contributed by atoms with Crippen molar-refractivity contribution in [3.8, 4) is 0 Å². The van der Waals surface area contributed by atoms with Crippen LogP contribution in [-0.2, 0) is 30.3 Å². The summed E-state index contributed by atoms with van der Waals surface area (Å²) < 4.78 is 5.00. The molecule has 0 spiro atoms. The van der Waals surface area contributed by atoms with E-state index in [0.29, 0.717) is 17.5 Å². The summed E-state index contributed by atoms with van der Waals surface area (Å²) in [6.07, 6.45) is 3.86. The Morgan fingerprint density at radius 1 is 1.07 bits per heavy atom. The second-order valence-corrected chi connectivity index (χ2v) is 8.22. The summed E-state index contributed by atoms with van der Waals surface area (Å²) in [5.74, 6) is -0.989. The molecule has 1 saturated heterocycles. The van der Waals surface area contributed by atoms with E-state index in [9.17, 15) is 19.2 Å². The minimum atomic E-state index is -0.595. The second kappa shape index (κ2) is 7.97. The summed E-state index contributed by atoms with van der Waals surface area (Å²) in [6, 6.07) is 7.45. The molecule has 2 saturated carbocycles. The van der Waals surface area contributed by atoms with Crippen LogP contribution in [0.2, 0.25) is 0 Å². The zero-order chi connectivity index (χ0) is 20.5. The smallest absolute Gasteiger partial charge is 0.308 e. The van der Waals surface area contributed by atoms with Crippen molar-refractivity contribution in [1.82, 2.24) is 4.90 Å². The molecule has 0 aromatic heterocycles. The van der Waals surface area contributed by atoms with Gasteiger partial charge in [0.2, 0.25) is 11.8 Å². The van der Waals surface area contributed by atoms with Crippen LogP contribution in [0, 0.1) is 23.7 Å². The number of nitrogens with one attached hydrogen (secondary N) is 1. The Labute approximate surface area is 169 Å². The average Bonchev–Trinajstić information content (AvgIpc) is 3.40. The topological polar surface area (TPSA) is 92.8 Å². The molecule has 3 amide bonds. The molecule has 154 valence electrons. The van der Waals surface area contributed by atoms with Gasteiger partial charge in [-0.2, -0.15) is 0 Å². The van der Waals surface area contributed by atoms with E-state index in [1.165, 1.54) is 4.90 Å². The molecule has 3 aliphatic rings. The molecule has 1 aromatic rings. The highest BCUT2D eigenvalue weighted by molar-refractivity contribution is 6.06. The van der Waals surface area contributed by atoms with Crippen LogP contribution < -0.4 is 5.32 Å². The number of rotatable bonds is 7. The molecule has 4 rings (SSSR count). The Morgan fingerprint density at radius 3 is 2.28 bits per heavy atom. The Bertz CT molecular complexity index is 806. The molecular formula is C22H26N2O5. The lowest BCUT2D eigenvalue weighted by Gasteiger charge is -2.19. The van der Waals surface area contributed by atoms with E-state index in [1.54, 1.807) is 12.1 Å². The first-order valence-corrected chi connectivity index (χ1v) is 10.4. The fraction of sp³-hybridized carbons (Fsp3) is 0.545. The number of carbonyl (C=O) groups is 4. The van der Waals surface area contributed by atoms with E-state index in [2.05, 4.69) is 5.32 Å². The average molecular weight is 398 g/mol. The zero-order valence-corrected chi connectivity index (χ0v) is 16.6. The number of aryl methyl sites for hydroxylation is 1. The maximum atomic E-state index is 12.6. The van der Waals surface area contributed by atoms with Crippen molar-refractivity contribution in [3.05, 3.63) is 29.8 Å². The number of fused-ring (bicyclic) bond motifs is 5. The molecule has 1 aliphatic heterocycles. The molecule has 0 unspecified atom stereocenters. The SMILES string of the molecule is CCc1ccc(NC(=O)COC(=O)CCN2C(=O)[C@@H]3[C@H]4CC[C@@H](C4)[C@@H]3C2=O)cc1. The van der Waals surface area contributed by atoms with Crippen LogP contribution >= 0.6 is 0 Å². The maximum absolute atomic E-state index is 12.6. The lowest BCUT2D eigenvalue weighted by Crippen LogP contribution is -2.35. The number of anilines is 1. The van der Waals surface area contributed by atoms with Crippen LogP contribution in [0.5, 0.6) is 0 Å². The fourth-order valence-corrected chi connectivity index (χ4v) is 5.13. The third-order valence-corrected chi connectivity index (χ3v) is 6.57. The molecule has 1 N–H and O–H groups in total. The van der Waals surface area contributed by atoms with E-state index >= 15 is 0 Å². The van der Waals surface area contributed by atoms with Gasteiger partial charge >= 0.3 is 5.97 Å². The Hall–Kier alpha value is -2.70. The Kier molecular flexibility index (Phi) is 5.39. The molecule has 1 heterocycles. The summed E-state index contributed by atoms with van der Waals surface area (Å²) in [5.41, 5.74) is 1.80. The predicted molar refractivity (Wildman–Crippen MR) is 105 cm³/mol. The Morgan fingerprint density at radius 2 is 1.69 bits per heavy atom. The third-order valence-electron chi connectivity index (χ3n) is 6.57. The van der Waals surface area contributed by atoms with Gasteiger partial charge in [0.1, 0.15) is 0 Å². The lowest BCUT2D eigenvalue weighted by atomic mass is 9.81. The van der Waals surface area contributed by atoms with Gasteiger partial charge in [-0.15, -0.1) is 0 Å². The predicted octanol–water partition coefficient (Wildman–Crippen LogP) is 2.15. The molecule has 4 atom stereocenters. The number of esters is 1. The molecule has 2 aliphatic carbocycles. The number of carbonyl (C=O) groups excluding carboxylic acids is 4. The molecule has 0 radical (unpaired) electrons. The van der Waals surface area contributed by atoms with Gasteiger partial charge in [-0.1, -0.05) is 19.1 Å². The van der Waals surface area contributed by atoms with Gasteiger partial charge < -0.3 is 10.1 Å². The van der Waals surface area contributed by atoms with Crippen molar-refractivity contribution >= 4 is 29.4 Å². The minimum absolute atomic E-state index is 0.0308. The number of hydrogen-bond donors (Lipinski definition) is 1. The van der Waals surface area contributed by atoms with E-state index in [-0.39, 0.29) is 36.6 Å². The monoisotopic (exact) mass is 398 g/mol. The van der Waals surface area contributed by atoms with Crippen molar-refractivity contribution < 1.29 is 23.9 Å².